The van der Waals surface area contributed by atoms with Crippen molar-refractivity contribution < 1.29 is 4.42 Å². The lowest BCUT2D eigenvalue weighted by Gasteiger charge is -2.27. The molecule has 1 atom stereocenters. The molecule has 0 fully saturated rings. The first-order valence-electron chi connectivity index (χ1n) is 9.28. The minimum atomic E-state index is -0.554. The molecule has 4 aromatic rings. The van der Waals surface area contributed by atoms with Crippen LogP contribution in [0.1, 0.15) is 29.8 Å². The molecule has 0 radical (unpaired) electrons. The second kappa shape index (κ2) is 6.96. The first-order chi connectivity index (χ1) is 13.7. The van der Waals surface area contributed by atoms with Gasteiger partial charge in [-0.05, 0) is 42.7 Å². The molecule has 142 valence electrons. The molecule has 1 aliphatic heterocycles. The number of benzene rings is 1. The molecular weight excluding hydrogens is 374 g/mol. The number of pyridine rings is 1. The Hall–Kier alpha value is -2.84. The highest BCUT2D eigenvalue weighted by molar-refractivity contribution is 7.16. The maximum absolute atomic E-state index is 11.2. The molecule has 1 N–H and O–H groups in total. The Bertz CT molecular complexity index is 1190. The molecule has 0 spiro atoms. The van der Waals surface area contributed by atoms with Gasteiger partial charge in [0.15, 0.2) is 0 Å². The highest BCUT2D eigenvalue weighted by Gasteiger charge is 2.21. The van der Waals surface area contributed by atoms with Crippen LogP contribution in [-0.2, 0) is 12.8 Å². The van der Waals surface area contributed by atoms with Gasteiger partial charge in [0.1, 0.15) is 0 Å². The predicted octanol–water partition coefficient (Wildman–Crippen LogP) is 3.20. The predicted molar refractivity (Wildman–Crippen MR) is 107 cm³/mol. The lowest BCUT2D eigenvalue weighted by Crippen LogP contribution is -2.29. The minimum absolute atomic E-state index is 0.284. The number of hydrogen-bond acceptors (Lipinski definition) is 7. The van der Waals surface area contributed by atoms with Crippen LogP contribution in [0.15, 0.2) is 45.2 Å². The zero-order chi connectivity index (χ0) is 19.1. The number of thiazole rings is 1. The van der Waals surface area contributed by atoms with Crippen molar-refractivity contribution in [3.8, 4) is 11.5 Å². The summed E-state index contributed by atoms with van der Waals surface area (Å²) in [4.78, 5) is 22.8. The highest BCUT2D eigenvalue weighted by atomic mass is 32.1. The number of H-pyrrole nitrogens is 1. The second-order valence-corrected chi connectivity index (χ2v) is 7.93. The topological polar surface area (TPSA) is 87.9 Å². The molecule has 5 rings (SSSR count). The van der Waals surface area contributed by atoms with Crippen molar-refractivity contribution in [3.05, 3.63) is 63.3 Å². The van der Waals surface area contributed by atoms with Crippen LogP contribution < -0.4 is 5.76 Å². The Morgan fingerprint density at radius 3 is 2.96 bits per heavy atom. The third-order valence-electron chi connectivity index (χ3n) is 5.43. The van der Waals surface area contributed by atoms with Gasteiger partial charge in [0.2, 0.25) is 0 Å². The zero-order valence-electron chi connectivity index (χ0n) is 15.4. The van der Waals surface area contributed by atoms with Gasteiger partial charge in [0.25, 0.3) is 5.89 Å². The van der Waals surface area contributed by atoms with Gasteiger partial charge in [-0.2, -0.15) is 0 Å². The van der Waals surface area contributed by atoms with Gasteiger partial charge in [-0.3, -0.25) is 9.88 Å². The third-order valence-corrected chi connectivity index (χ3v) is 6.24. The van der Waals surface area contributed by atoms with E-state index in [-0.39, 0.29) is 5.89 Å². The molecule has 1 aromatic carbocycles. The summed E-state index contributed by atoms with van der Waals surface area (Å²) in [6.45, 7) is 4.15. The molecule has 8 heteroatoms. The molecule has 0 saturated carbocycles. The van der Waals surface area contributed by atoms with E-state index >= 15 is 0 Å². The van der Waals surface area contributed by atoms with E-state index in [0.29, 0.717) is 6.04 Å². The molecule has 1 unspecified atom stereocenters. The van der Waals surface area contributed by atoms with E-state index in [4.69, 9.17) is 4.42 Å². The average Bonchev–Trinajstić information content (AvgIpc) is 3.30. The number of aromatic amines is 1. The van der Waals surface area contributed by atoms with E-state index in [0.717, 1.165) is 42.7 Å². The van der Waals surface area contributed by atoms with Gasteiger partial charge >= 0.3 is 5.76 Å². The fourth-order valence-electron chi connectivity index (χ4n) is 3.81. The van der Waals surface area contributed by atoms with E-state index in [1.54, 1.807) is 17.5 Å². The maximum Gasteiger partial charge on any atom is 0.434 e. The molecule has 0 bridgehead atoms. The Balaban J connectivity index is 1.37. The van der Waals surface area contributed by atoms with Crippen molar-refractivity contribution in [2.75, 3.05) is 13.1 Å². The summed E-state index contributed by atoms with van der Waals surface area (Å²) >= 11 is 1.67. The molecule has 3 aromatic heterocycles. The number of nitrogens with zero attached hydrogens (tertiary/aromatic N) is 4. The van der Waals surface area contributed by atoms with Crippen molar-refractivity contribution >= 4 is 21.6 Å². The number of aromatic nitrogens is 4. The molecule has 1 aliphatic rings. The molecular formula is C20H19N5O2S. The van der Waals surface area contributed by atoms with Crippen molar-refractivity contribution in [1.29, 1.82) is 0 Å². The quantitative estimate of drug-likeness (QED) is 0.575. The fourth-order valence-corrected chi connectivity index (χ4v) is 4.47. The fraction of sp³-hybridized carbons (Fsp3) is 0.300. The van der Waals surface area contributed by atoms with Crippen LogP contribution in [0.2, 0.25) is 0 Å². The summed E-state index contributed by atoms with van der Waals surface area (Å²) < 4.78 is 6.28. The van der Waals surface area contributed by atoms with Crippen LogP contribution in [0.4, 0.5) is 0 Å². The summed E-state index contributed by atoms with van der Waals surface area (Å²) in [5.74, 6) is -0.270. The SMILES string of the molecule is CC(c1ccc2scnc2c1)N1CCc2cc(-c3n[nH]c(=O)o3)cnc2CC1. The zero-order valence-corrected chi connectivity index (χ0v) is 16.2. The minimum Gasteiger partial charge on any atom is -0.388 e. The third kappa shape index (κ3) is 3.14. The smallest absolute Gasteiger partial charge is 0.388 e. The monoisotopic (exact) mass is 393 g/mol. The van der Waals surface area contributed by atoms with Crippen molar-refractivity contribution in [2.45, 2.75) is 25.8 Å². The van der Waals surface area contributed by atoms with Gasteiger partial charge in [-0.15, -0.1) is 16.4 Å². The van der Waals surface area contributed by atoms with Crippen molar-refractivity contribution in [1.82, 2.24) is 25.1 Å². The number of fused-ring (bicyclic) bond motifs is 2. The lowest BCUT2D eigenvalue weighted by molar-refractivity contribution is 0.221. The number of hydrogen-bond donors (Lipinski definition) is 1. The summed E-state index contributed by atoms with van der Waals surface area (Å²) in [7, 11) is 0. The van der Waals surface area contributed by atoms with E-state index in [2.05, 4.69) is 50.2 Å². The largest absolute Gasteiger partial charge is 0.434 e. The summed E-state index contributed by atoms with van der Waals surface area (Å²) in [5, 5.41) is 6.20. The Kier molecular flexibility index (Phi) is 4.29. The molecule has 0 saturated heterocycles. The maximum atomic E-state index is 11.2. The first-order valence-corrected chi connectivity index (χ1v) is 10.2. The molecule has 0 amide bonds. The second-order valence-electron chi connectivity index (χ2n) is 7.04. The average molecular weight is 393 g/mol. The van der Waals surface area contributed by atoms with Crippen LogP contribution >= 0.6 is 11.3 Å². The van der Waals surface area contributed by atoms with E-state index in [1.807, 2.05) is 11.6 Å². The Morgan fingerprint density at radius 1 is 1.21 bits per heavy atom. The van der Waals surface area contributed by atoms with Crippen molar-refractivity contribution in [2.24, 2.45) is 0 Å². The Morgan fingerprint density at radius 2 is 2.11 bits per heavy atom. The number of rotatable bonds is 3. The van der Waals surface area contributed by atoms with Gasteiger partial charge in [-0.1, -0.05) is 6.07 Å². The van der Waals surface area contributed by atoms with Crippen LogP contribution in [0, 0.1) is 0 Å². The van der Waals surface area contributed by atoms with Crippen LogP contribution in [0.5, 0.6) is 0 Å². The standard InChI is InChI=1S/C20H19N5O2S/c1-12(13-2-3-18-17(9-13)22-11-28-18)25-6-4-14-8-15(10-21-16(14)5-7-25)19-23-24-20(26)27-19/h2-3,8-12H,4-7H2,1H3,(H,24,26). The molecule has 28 heavy (non-hydrogen) atoms. The lowest BCUT2D eigenvalue weighted by atomic mass is 10.1. The molecule has 7 nitrogen and oxygen atoms in total. The van der Waals surface area contributed by atoms with E-state index in [1.165, 1.54) is 15.8 Å². The van der Waals surface area contributed by atoms with E-state index < -0.39 is 5.76 Å². The van der Waals surface area contributed by atoms with Gasteiger partial charge < -0.3 is 4.42 Å². The normalized spacial score (nSPS) is 16.0. The molecule has 0 aliphatic carbocycles. The van der Waals surface area contributed by atoms with Gasteiger partial charge in [-0.25, -0.2) is 14.9 Å². The van der Waals surface area contributed by atoms with Gasteiger partial charge in [0.05, 0.1) is 21.3 Å². The first kappa shape index (κ1) is 17.3. The summed E-state index contributed by atoms with van der Waals surface area (Å²) in [5.41, 5.74) is 7.27. The van der Waals surface area contributed by atoms with Crippen LogP contribution in [-0.4, -0.2) is 38.2 Å². The summed E-state index contributed by atoms with van der Waals surface area (Å²) in [6.07, 6.45) is 3.52. The Labute approximate surface area is 165 Å². The van der Waals surface area contributed by atoms with Gasteiger partial charge in [0, 0.05) is 37.4 Å². The van der Waals surface area contributed by atoms with Crippen LogP contribution in [0.3, 0.4) is 0 Å². The van der Waals surface area contributed by atoms with Crippen molar-refractivity contribution in [3.63, 3.8) is 0 Å². The summed E-state index contributed by atoms with van der Waals surface area (Å²) in [6, 6.07) is 8.92. The van der Waals surface area contributed by atoms with Crippen LogP contribution in [0.25, 0.3) is 21.7 Å². The molecule has 4 heterocycles. The van der Waals surface area contributed by atoms with E-state index in [9.17, 15) is 4.79 Å². The number of nitrogens with one attached hydrogen (secondary N) is 1. The highest BCUT2D eigenvalue weighted by Crippen LogP contribution is 2.28.